The zero-order valence-electron chi connectivity index (χ0n) is 8.89. The Morgan fingerprint density at radius 3 is 2.39 bits per heavy atom. The van der Waals surface area contributed by atoms with Crippen LogP contribution in [0.2, 0.25) is 0 Å². The summed E-state index contributed by atoms with van der Waals surface area (Å²) in [5, 5.41) is 21.5. The average Bonchev–Trinajstić information content (AvgIpc) is 2.39. The molecular weight excluding hydrogens is 240 g/mol. The molecule has 0 N–H and O–H groups in total. The van der Waals surface area contributed by atoms with E-state index in [0.29, 0.717) is 5.69 Å². The highest BCUT2D eigenvalue weighted by atomic mass is 16.6. The molecule has 2 aromatic rings. The van der Waals surface area contributed by atoms with Crippen LogP contribution in [0.5, 0.6) is 0 Å². The highest BCUT2D eigenvalue weighted by Gasteiger charge is 2.21. The molecule has 0 atom stereocenters. The van der Waals surface area contributed by atoms with Crippen LogP contribution in [0.3, 0.4) is 0 Å². The zero-order chi connectivity index (χ0) is 13.1. The molecular formula is C10H6N4O4. The van der Waals surface area contributed by atoms with E-state index in [1.54, 1.807) is 0 Å². The fourth-order valence-corrected chi connectivity index (χ4v) is 1.44. The maximum Gasteiger partial charge on any atom is 0.285 e. The molecule has 0 amide bonds. The molecule has 1 heterocycles. The molecule has 2 rings (SSSR count). The van der Waals surface area contributed by atoms with Crippen LogP contribution in [-0.2, 0) is 0 Å². The Hall–Kier alpha value is -2.90. The van der Waals surface area contributed by atoms with Crippen LogP contribution < -0.4 is 0 Å². The third kappa shape index (κ3) is 2.12. The van der Waals surface area contributed by atoms with Gasteiger partial charge in [-0.3, -0.25) is 30.2 Å². The first-order chi connectivity index (χ1) is 8.59. The van der Waals surface area contributed by atoms with Gasteiger partial charge in [-0.2, -0.15) is 0 Å². The predicted molar refractivity (Wildman–Crippen MR) is 60.8 cm³/mol. The Balaban J connectivity index is 2.61. The van der Waals surface area contributed by atoms with E-state index in [0.717, 1.165) is 6.07 Å². The quantitative estimate of drug-likeness (QED) is 0.604. The summed E-state index contributed by atoms with van der Waals surface area (Å²) in [5.74, 6) is 0. The molecule has 0 unspecified atom stereocenters. The van der Waals surface area contributed by atoms with E-state index in [9.17, 15) is 20.2 Å². The van der Waals surface area contributed by atoms with Gasteiger partial charge in [0.1, 0.15) is 0 Å². The second-order valence-corrected chi connectivity index (χ2v) is 3.31. The fourth-order valence-electron chi connectivity index (χ4n) is 1.44. The SMILES string of the molecule is O=[N+]([O-])c1ccc(-c2cnccn2)c([N+](=O)[O-])c1. The van der Waals surface area contributed by atoms with Crippen molar-refractivity contribution >= 4 is 11.4 Å². The van der Waals surface area contributed by atoms with E-state index in [1.165, 1.54) is 30.7 Å². The van der Waals surface area contributed by atoms with Gasteiger partial charge in [-0.25, -0.2) is 0 Å². The lowest BCUT2D eigenvalue weighted by molar-refractivity contribution is -0.393. The highest BCUT2D eigenvalue weighted by molar-refractivity contribution is 5.72. The largest absolute Gasteiger partial charge is 0.285 e. The summed E-state index contributed by atoms with van der Waals surface area (Å²) in [5.41, 5.74) is -0.225. The molecule has 0 fully saturated rings. The summed E-state index contributed by atoms with van der Waals surface area (Å²) in [7, 11) is 0. The van der Waals surface area contributed by atoms with Crippen molar-refractivity contribution in [3.05, 3.63) is 57.0 Å². The maximum atomic E-state index is 10.9. The van der Waals surface area contributed by atoms with Crippen molar-refractivity contribution in [2.24, 2.45) is 0 Å². The first kappa shape index (κ1) is 11.6. The van der Waals surface area contributed by atoms with Gasteiger partial charge in [-0.1, -0.05) is 0 Å². The summed E-state index contributed by atoms with van der Waals surface area (Å²) in [6.45, 7) is 0. The number of nitro benzene ring substituents is 2. The second kappa shape index (κ2) is 4.53. The van der Waals surface area contributed by atoms with Crippen molar-refractivity contribution in [3.8, 4) is 11.3 Å². The monoisotopic (exact) mass is 246 g/mol. The molecule has 0 radical (unpaired) electrons. The topological polar surface area (TPSA) is 112 Å². The molecule has 8 nitrogen and oxygen atoms in total. The first-order valence-corrected chi connectivity index (χ1v) is 4.79. The minimum atomic E-state index is -0.687. The standard InChI is InChI=1S/C10H6N4O4/c15-13(16)7-1-2-8(10(5-7)14(17)18)9-6-11-3-4-12-9/h1-6H. The number of non-ortho nitro benzene ring substituents is 1. The lowest BCUT2D eigenvalue weighted by Crippen LogP contribution is -1.96. The van der Waals surface area contributed by atoms with Crippen LogP contribution in [0.1, 0.15) is 0 Å². The summed E-state index contributed by atoms with van der Waals surface area (Å²) in [4.78, 5) is 27.8. The van der Waals surface area contributed by atoms with E-state index in [4.69, 9.17) is 0 Å². The summed E-state index contributed by atoms with van der Waals surface area (Å²) >= 11 is 0. The van der Waals surface area contributed by atoms with Crippen LogP contribution in [0.15, 0.2) is 36.8 Å². The molecule has 0 saturated heterocycles. The summed E-state index contributed by atoms with van der Waals surface area (Å²) in [6.07, 6.45) is 4.18. The van der Waals surface area contributed by atoms with E-state index >= 15 is 0 Å². The van der Waals surface area contributed by atoms with Crippen molar-refractivity contribution in [1.29, 1.82) is 0 Å². The van der Waals surface area contributed by atoms with Crippen LogP contribution in [-0.4, -0.2) is 19.8 Å². The molecule has 0 spiro atoms. The normalized spacial score (nSPS) is 10.0. The predicted octanol–water partition coefficient (Wildman–Crippen LogP) is 1.96. The number of hydrogen-bond donors (Lipinski definition) is 0. The summed E-state index contributed by atoms with van der Waals surface area (Å²) in [6, 6.07) is 3.39. The fraction of sp³-hybridized carbons (Fsp3) is 0. The van der Waals surface area contributed by atoms with Crippen LogP contribution in [0.25, 0.3) is 11.3 Å². The molecule has 0 aliphatic heterocycles. The number of aromatic nitrogens is 2. The number of nitrogens with zero attached hydrogens (tertiary/aromatic N) is 4. The van der Waals surface area contributed by atoms with E-state index in [-0.39, 0.29) is 16.9 Å². The number of nitro groups is 2. The zero-order valence-corrected chi connectivity index (χ0v) is 8.89. The van der Waals surface area contributed by atoms with Gasteiger partial charge in [0.15, 0.2) is 0 Å². The van der Waals surface area contributed by atoms with Crippen LogP contribution >= 0.6 is 0 Å². The van der Waals surface area contributed by atoms with Gasteiger partial charge in [-0.05, 0) is 6.07 Å². The molecule has 1 aromatic carbocycles. The molecule has 1 aromatic heterocycles. The molecule has 90 valence electrons. The van der Waals surface area contributed by atoms with E-state index < -0.39 is 9.85 Å². The number of rotatable bonds is 3. The first-order valence-electron chi connectivity index (χ1n) is 4.79. The highest BCUT2D eigenvalue weighted by Crippen LogP contribution is 2.31. The van der Waals surface area contributed by atoms with Crippen molar-refractivity contribution < 1.29 is 9.85 Å². The third-order valence-electron chi connectivity index (χ3n) is 2.23. The van der Waals surface area contributed by atoms with Crippen LogP contribution in [0, 0.1) is 20.2 Å². The molecule has 18 heavy (non-hydrogen) atoms. The van der Waals surface area contributed by atoms with Crippen molar-refractivity contribution in [1.82, 2.24) is 9.97 Å². The van der Waals surface area contributed by atoms with Crippen LogP contribution in [0.4, 0.5) is 11.4 Å². The van der Waals surface area contributed by atoms with E-state index in [2.05, 4.69) is 9.97 Å². The minimum absolute atomic E-state index is 0.193. The molecule has 0 aliphatic rings. The average molecular weight is 246 g/mol. The number of hydrogen-bond acceptors (Lipinski definition) is 6. The van der Waals surface area contributed by atoms with Crippen molar-refractivity contribution in [2.75, 3.05) is 0 Å². The Morgan fingerprint density at radius 1 is 1.06 bits per heavy atom. The van der Waals surface area contributed by atoms with Gasteiger partial charge in [-0.15, -0.1) is 0 Å². The lowest BCUT2D eigenvalue weighted by Gasteiger charge is -2.01. The number of benzene rings is 1. The van der Waals surface area contributed by atoms with Gasteiger partial charge in [0.2, 0.25) is 0 Å². The molecule has 8 heteroatoms. The van der Waals surface area contributed by atoms with E-state index in [1.807, 2.05) is 0 Å². The van der Waals surface area contributed by atoms with Gasteiger partial charge in [0, 0.05) is 18.5 Å². The molecule has 0 bridgehead atoms. The maximum absolute atomic E-state index is 10.9. The molecule has 0 saturated carbocycles. The minimum Gasteiger partial charge on any atom is -0.261 e. The van der Waals surface area contributed by atoms with Gasteiger partial charge < -0.3 is 0 Å². The third-order valence-corrected chi connectivity index (χ3v) is 2.23. The Bertz CT molecular complexity index is 615. The smallest absolute Gasteiger partial charge is 0.261 e. The van der Waals surface area contributed by atoms with Crippen molar-refractivity contribution in [3.63, 3.8) is 0 Å². The Morgan fingerprint density at radius 2 is 1.83 bits per heavy atom. The molecule has 0 aliphatic carbocycles. The van der Waals surface area contributed by atoms with Gasteiger partial charge in [0.05, 0.1) is 33.4 Å². The summed E-state index contributed by atoms with van der Waals surface area (Å²) < 4.78 is 0. The second-order valence-electron chi connectivity index (χ2n) is 3.31. The van der Waals surface area contributed by atoms with Crippen molar-refractivity contribution in [2.45, 2.75) is 0 Å². The Kier molecular flexibility index (Phi) is 2.92. The Labute approximate surface area is 100 Å². The van der Waals surface area contributed by atoms with Gasteiger partial charge in [0.25, 0.3) is 11.4 Å². The van der Waals surface area contributed by atoms with Gasteiger partial charge >= 0.3 is 0 Å². The lowest BCUT2D eigenvalue weighted by atomic mass is 10.1.